The summed E-state index contributed by atoms with van der Waals surface area (Å²) in [6.45, 7) is 7.29. The van der Waals surface area contributed by atoms with Gasteiger partial charge in [-0.15, -0.1) is 0 Å². The van der Waals surface area contributed by atoms with E-state index >= 15 is 0 Å². The first kappa shape index (κ1) is 15.0. The van der Waals surface area contributed by atoms with Crippen LogP contribution in [-0.2, 0) is 16.4 Å². The second-order valence-electron chi connectivity index (χ2n) is 4.27. The molecule has 0 spiro atoms. The fourth-order valence-corrected chi connectivity index (χ4v) is 2.73. The van der Waals surface area contributed by atoms with E-state index in [2.05, 4.69) is 17.0 Å². The number of hydrogen-bond donors (Lipinski definition) is 2. The van der Waals surface area contributed by atoms with Crippen LogP contribution in [0.1, 0.15) is 25.0 Å². The van der Waals surface area contributed by atoms with Crippen LogP contribution in [0.2, 0.25) is 0 Å². The predicted molar refractivity (Wildman–Crippen MR) is 76.5 cm³/mol. The fourth-order valence-electron chi connectivity index (χ4n) is 1.73. The molecule has 102 valence electrons. The van der Waals surface area contributed by atoms with Crippen molar-refractivity contribution in [2.45, 2.75) is 27.2 Å². The van der Waals surface area contributed by atoms with E-state index < -0.39 is 10.0 Å². The first-order valence-electron chi connectivity index (χ1n) is 6.29. The number of benzene rings is 1. The predicted octanol–water partition coefficient (Wildman–Crippen LogP) is 1.91. The molecule has 1 aromatic rings. The van der Waals surface area contributed by atoms with Crippen LogP contribution < -0.4 is 10.0 Å². The number of hydrogen-bond acceptors (Lipinski definition) is 3. The van der Waals surface area contributed by atoms with E-state index in [0.29, 0.717) is 12.2 Å². The van der Waals surface area contributed by atoms with Crippen LogP contribution in [0.5, 0.6) is 0 Å². The van der Waals surface area contributed by atoms with E-state index in [1.165, 1.54) is 11.1 Å². The van der Waals surface area contributed by atoms with Crippen molar-refractivity contribution in [3.8, 4) is 0 Å². The minimum Gasteiger partial charge on any atom is -0.316 e. The van der Waals surface area contributed by atoms with Crippen molar-refractivity contribution in [3.63, 3.8) is 0 Å². The van der Waals surface area contributed by atoms with Gasteiger partial charge < -0.3 is 5.32 Å². The summed E-state index contributed by atoms with van der Waals surface area (Å²) in [5, 5.41) is 3.00. The molecule has 0 aliphatic carbocycles. The first-order valence-corrected chi connectivity index (χ1v) is 7.94. The highest BCUT2D eigenvalue weighted by Gasteiger charge is 2.10. The summed E-state index contributed by atoms with van der Waals surface area (Å²) < 4.78 is 26.2. The molecule has 0 heterocycles. The number of anilines is 1. The molecule has 18 heavy (non-hydrogen) atoms. The molecule has 0 aromatic heterocycles. The highest BCUT2D eigenvalue weighted by Crippen LogP contribution is 2.16. The Balaban J connectivity index is 2.72. The van der Waals surface area contributed by atoms with Gasteiger partial charge in [0.2, 0.25) is 10.0 Å². The van der Waals surface area contributed by atoms with Gasteiger partial charge in [-0.1, -0.05) is 19.9 Å². The van der Waals surface area contributed by atoms with Crippen molar-refractivity contribution in [2.24, 2.45) is 0 Å². The van der Waals surface area contributed by atoms with Crippen molar-refractivity contribution in [2.75, 3.05) is 23.6 Å². The molecule has 0 radical (unpaired) electrons. The number of nitrogens with one attached hydrogen (secondary N) is 2. The Kier molecular flexibility index (Phi) is 5.62. The van der Waals surface area contributed by atoms with Crippen molar-refractivity contribution in [1.82, 2.24) is 5.32 Å². The average Bonchev–Trinajstić information content (AvgIpc) is 2.31. The summed E-state index contributed by atoms with van der Waals surface area (Å²) in [5.41, 5.74) is 3.00. The van der Waals surface area contributed by atoms with Crippen LogP contribution in [-0.4, -0.2) is 27.3 Å². The van der Waals surface area contributed by atoms with Gasteiger partial charge in [0.05, 0.1) is 5.75 Å². The summed E-state index contributed by atoms with van der Waals surface area (Å²) in [4.78, 5) is 0. The zero-order valence-electron chi connectivity index (χ0n) is 11.3. The van der Waals surface area contributed by atoms with Gasteiger partial charge in [0.15, 0.2) is 0 Å². The molecule has 2 N–H and O–H groups in total. The highest BCUT2D eigenvalue weighted by molar-refractivity contribution is 7.92. The van der Waals surface area contributed by atoms with Gasteiger partial charge in [0.1, 0.15) is 0 Å². The maximum absolute atomic E-state index is 11.8. The Morgan fingerprint density at radius 2 is 1.94 bits per heavy atom. The molecular formula is C13H22N2O2S. The monoisotopic (exact) mass is 270 g/mol. The summed E-state index contributed by atoms with van der Waals surface area (Å²) in [6, 6.07) is 5.65. The molecule has 0 bridgehead atoms. The Hall–Kier alpha value is -1.07. The average molecular weight is 270 g/mol. The Labute approximate surface area is 110 Å². The molecule has 0 amide bonds. The molecule has 1 rings (SSSR count). The molecule has 0 aliphatic rings. The molecule has 0 aliphatic heterocycles. The Bertz CT molecular complexity index is 484. The van der Waals surface area contributed by atoms with Gasteiger partial charge in [-0.2, -0.15) is 0 Å². The lowest BCUT2D eigenvalue weighted by atomic mass is 10.1. The highest BCUT2D eigenvalue weighted by atomic mass is 32.2. The standard InChI is InChI=1S/C13H22N2O2S/c1-4-12-10-13(7-6-11(12)3)15-18(16,17)9-8-14-5-2/h6-7,10,14-15H,4-5,8-9H2,1-3H3. The van der Waals surface area contributed by atoms with Crippen LogP contribution >= 0.6 is 0 Å². The van der Waals surface area contributed by atoms with Crippen molar-refractivity contribution < 1.29 is 8.42 Å². The molecule has 0 unspecified atom stereocenters. The lowest BCUT2D eigenvalue weighted by molar-refractivity contribution is 0.597. The molecule has 0 atom stereocenters. The van der Waals surface area contributed by atoms with Crippen LogP contribution in [0, 0.1) is 6.92 Å². The molecule has 1 aromatic carbocycles. The fraction of sp³-hybridized carbons (Fsp3) is 0.538. The Morgan fingerprint density at radius 1 is 1.22 bits per heavy atom. The van der Waals surface area contributed by atoms with Crippen molar-refractivity contribution in [3.05, 3.63) is 29.3 Å². The first-order chi connectivity index (χ1) is 8.48. The third-order valence-corrected chi connectivity index (χ3v) is 4.09. The summed E-state index contributed by atoms with van der Waals surface area (Å²) >= 11 is 0. The van der Waals surface area contributed by atoms with Gasteiger partial charge in [-0.25, -0.2) is 8.42 Å². The SMILES string of the molecule is CCNCCS(=O)(=O)Nc1ccc(C)c(CC)c1. The minimum absolute atomic E-state index is 0.0934. The number of aryl methyl sites for hydroxylation is 2. The molecular weight excluding hydrogens is 248 g/mol. The zero-order valence-corrected chi connectivity index (χ0v) is 12.1. The number of rotatable bonds is 7. The van der Waals surface area contributed by atoms with Crippen LogP contribution in [0.3, 0.4) is 0 Å². The maximum Gasteiger partial charge on any atom is 0.233 e. The van der Waals surface area contributed by atoms with Gasteiger partial charge in [-0.05, 0) is 43.1 Å². The third-order valence-electron chi connectivity index (χ3n) is 2.80. The van der Waals surface area contributed by atoms with Crippen LogP contribution in [0.4, 0.5) is 5.69 Å². The van der Waals surface area contributed by atoms with Crippen LogP contribution in [0.15, 0.2) is 18.2 Å². The van der Waals surface area contributed by atoms with Gasteiger partial charge >= 0.3 is 0 Å². The van der Waals surface area contributed by atoms with E-state index in [-0.39, 0.29) is 5.75 Å². The minimum atomic E-state index is -3.26. The second-order valence-corrected chi connectivity index (χ2v) is 6.11. The quantitative estimate of drug-likeness (QED) is 0.744. The van der Waals surface area contributed by atoms with E-state index in [0.717, 1.165) is 13.0 Å². The smallest absolute Gasteiger partial charge is 0.233 e. The van der Waals surface area contributed by atoms with Crippen molar-refractivity contribution in [1.29, 1.82) is 0 Å². The lowest BCUT2D eigenvalue weighted by Crippen LogP contribution is -2.26. The van der Waals surface area contributed by atoms with Crippen LogP contribution in [0.25, 0.3) is 0 Å². The maximum atomic E-state index is 11.8. The van der Waals surface area contributed by atoms with E-state index in [9.17, 15) is 8.42 Å². The molecule has 4 nitrogen and oxygen atoms in total. The van der Waals surface area contributed by atoms with Crippen molar-refractivity contribution >= 4 is 15.7 Å². The summed E-state index contributed by atoms with van der Waals surface area (Å²) in [5.74, 6) is 0.0934. The van der Waals surface area contributed by atoms with E-state index in [4.69, 9.17) is 0 Å². The van der Waals surface area contributed by atoms with E-state index in [1.54, 1.807) is 6.07 Å². The molecule has 0 fully saturated rings. The van der Waals surface area contributed by atoms with Gasteiger partial charge in [0.25, 0.3) is 0 Å². The normalized spacial score (nSPS) is 11.5. The summed E-state index contributed by atoms with van der Waals surface area (Å²) in [6.07, 6.45) is 0.902. The molecule has 0 saturated heterocycles. The lowest BCUT2D eigenvalue weighted by Gasteiger charge is -2.10. The molecule has 0 saturated carbocycles. The van der Waals surface area contributed by atoms with Gasteiger partial charge in [-0.3, -0.25) is 4.72 Å². The van der Waals surface area contributed by atoms with Gasteiger partial charge in [0, 0.05) is 12.2 Å². The zero-order chi connectivity index (χ0) is 13.6. The second kappa shape index (κ2) is 6.75. The largest absolute Gasteiger partial charge is 0.316 e. The topological polar surface area (TPSA) is 58.2 Å². The molecule has 5 heteroatoms. The third kappa shape index (κ3) is 4.66. The number of sulfonamides is 1. The van der Waals surface area contributed by atoms with E-state index in [1.807, 2.05) is 26.0 Å². The Morgan fingerprint density at radius 3 is 2.56 bits per heavy atom. The summed E-state index contributed by atoms with van der Waals surface area (Å²) in [7, 11) is -3.26.